The molecular weight excluding hydrogens is 403 g/mol. The van der Waals surface area contributed by atoms with Gasteiger partial charge in [-0.1, -0.05) is 24.3 Å². The van der Waals surface area contributed by atoms with Gasteiger partial charge in [0.2, 0.25) is 0 Å². The van der Waals surface area contributed by atoms with Crippen molar-refractivity contribution in [2.45, 2.75) is 19.2 Å². The minimum absolute atomic E-state index is 0.0941. The summed E-state index contributed by atoms with van der Waals surface area (Å²) in [4.78, 5) is 37.0. The molecule has 1 heterocycles. The Morgan fingerprint density at radius 1 is 1.10 bits per heavy atom. The molecule has 0 radical (unpaired) electrons. The SMILES string of the molecule is C[C@H](OC(=O)c1nn(C)c(=O)c2ccccc12)C(=O)Nc1cccc(C(F)(F)F)c1. The van der Waals surface area contributed by atoms with Gasteiger partial charge in [0.1, 0.15) is 0 Å². The maximum Gasteiger partial charge on any atom is 0.416 e. The highest BCUT2D eigenvalue weighted by Crippen LogP contribution is 2.30. The van der Waals surface area contributed by atoms with Crippen LogP contribution in [0, 0.1) is 0 Å². The van der Waals surface area contributed by atoms with Crippen LogP contribution in [0.5, 0.6) is 0 Å². The molecule has 0 aliphatic rings. The average molecular weight is 419 g/mol. The van der Waals surface area contributed by atoms with E-state index in [-0.39, 0.29) is 22.2 Å². The zero-order valence-corrected chi connectivity index (χ0v) is 15.9. The number of aryl methyl sites for hydroxylation is 1. The molecule has 3 aromatic rings. The van der Waals surface area contributed by atoms with Gasteiger partial charge in [-0.3, -0.25) is 9.59 Å². The number of hydrogen-bond acceptors (Lipinski definition) is 5. The topological polar surface area (TPSA) is 90.3 Å². The fourth-order valence-corrected chi connectivity index (χ4v) is 2.74. The Balaban J connectivity index is 1.78. The summed E-state index contributed by atoms with van der Waals surface area (Å²) in [6.07, 6.45) is -5.89. The number of carbonyl (C=O) groups is 2. The van der Waals surface area contributed by atoms with Gasteiger partial charge in [0.15, 0.2) is 11.8 Å². The molecule has 1 amide bonds. The van der Waals surface area contributed by atoms with Crippen molar-refractivity contribution < 1.29 is 27.5 Å². The molecule has 0 aliphatic carbocycles. The van der Waals surface area contributed by atoms with Crippen molar-refractivity contribution in [3.63, 3.8) is 0 Å². The number of hydrogen-bond donors (Lipinski definition) is 1. The number of benzene rings is 2. The van der Waals surface area contributed by atoms with E-state index in [0.717, 1.165) is 22.9 Å². The number of anilines is 1. The molecule has 0 aliphatic heterocycles. The molecule has 0 fully saturated rings. The van der Waals surface area contributed by atoms with Gasteiger partial charge in [-0.25, -0.2) is 9.48 Å². The number of halogens is 3. The Morgan fingerprint density at radius 2 is 1.77 bits per heavy atom. The highest BCUT2D eigenvalue weighted by molar-refractivity contribution is 6.03. The van der Waals surface area contributed by atoms with E-state index in [0.29, 0.717) is 0 Å². The quantitative estimate of drug-likeness (QED) is 0.657. The van der Waals surface area contributed by atoms with Crippen molar-refractivity contribution in [1.29, 1.82) is 0 Å². The second-order valence-corrected chi connectivity index (χ2v) is 6.44. The lowest BCUT2D eigenvalue weighted by Gasteiger charge is -2.15. The highest BCUT2D eigenvalue weighted by Gasteiger charge is 2.31. The summed E-state index contributed by atoms with van der Waals surface area (Å²) in [5.41, 5.74) is -1.59. The number of esters is 1. The van der Waals surface area contributed by atoms with Crippen molar-refractivity contribution in [2.75, 3.05) is 5.32 Å². The van der Waals surface area contributed by atoms with Crippen molar-refractivity contribution in [3.8, 4) is 0 Å². The average Bonchev–Trinajstić information content (AvgIpc) is 2.70. The fourth-order valence-electron chi connectivity index (χ4n) is 2.74. The molecule has 0 saturated carbocycles. The van der Waals surface area contributed by atoms with Crippen LogP contribution in [0.25, 0.3) is 10.8 Å². The summed E-state index contributed by atoms with van der Waals surface area (Å²) < 4.78 is 44.5. The Bertz CT molecular complexity index is 1190. The zero-order chi connectivity index (χ0) is 22.1. The first-order chi connectivity index (χ1) is 14.1. The van der Waals surface area contributed by atoms with E-state index in [4.69, 9.17) is 4.74 Å². The Kier molecular flexibility index (Phi) is 5.59. The van der Waals surface area contributed by atoms with Crippen LogP contribution in [0.3, 0.4) is 0 Å². The molecule has 2 aromatic carbocycles. The Labute approximate surface area is 168 Å². The minimum atomic E-state index is -4.56. The van der Waals surface area contributed by atoms with Gasteiger partial charge in [-0.05, 0) is 31.2 Å². The van der Waals surface area contributed by atoms with E-state index in [2.05, 4.69) is 10.4 Å². The molecule has 0 bridgehead atoms. The second kappa shape index (κ2) is 7.97. The summed E-state index contributed by atoms with van der Waals surface area (Å²) in [6, 6.07) is 10.4. The van der Waals surface area contributed by atoms with E-state index in [1.54, 1.807) is 12.1 Å². The molecule has 0 spiro atoms. The molecule has 30 heavy (non-hydrogen) atoms. The zero-order valence-electron chi connectivity index (χ0n) is 15.9. The van der Waals surface area contributed by atoms with Gasteiger partial charge < -0.3 is 10.1 Å². The van der Waals surface area contributed by atoms with Crippen LogP contribution in [-0.4, -0.2) is 27.8 Å². The van der Waals surface area contributed by atoms with E-state index in [9.17, 15) is 27.6 Å². The number of fused-ring (bicyclic) bond motifs is 1. The lowest BCUT2D eigenvalue weighted by atomic mass is 10.1. The van der Waals surface area contributed by atoms with Crippen LogP contribution < -0.4 is 10.9 Å². The van der Waals surface area contributed by atoms with Crippen LogP contribution >= 0.6 is 0 Å². The Hall–Kier alpha value is -3.69. The first-order valence-corrected chi connectivity index (χ1v) is 8.73. The van der Waals surface area contributed by atoms with Crippen LogP contribution in [0.4, 0.5) is 18.9 Å². The van der Waals surface area contributed by atoms with Crippen molar-refractivity contribution >= 4 is 28.3 Å². The number of nitrogens with one attached hydrogen (secondary N) is 1. The van der Waals surface area contributed by atoms with Gasteiger partial charge in [-0.15, -0.1) is 0 Å². The molecule has 1 aromatic heterocycles. The third kappa shape index (κ3) is 4.32. The van der Waals surface area contributed by atoms with Crippen molar-refractivity contribution in [3.05, 3.63) is 70.1 Å². The van der Waals surface area contributed by atoms with Gasteiger partial charge in [0.05, 0.1) is 10.9 Å². The molecule has 0 saturated heterocycles. The smallest absolute Gasteiger partial charge is 0.416 e. The molecule has 7 nitrogen and oxygen atoms in total. The molecule has 3 rings (SSSR count). The summed E-state index contributed by atoms with van der Waals surface area (Å²) in [7, 11) is 1.37. The molecule has 1 atom stereocenters. The molecule has 10 heteroatoms. The third-order valence-electron chi connectivity index (χ3n) is 4.26. The summed E-state index contributed by atoms with van der Waals surface area (Å²) in [5.74, 6) is -1.77. The molecule has 0 unspecified atom stereocenters. The van der Waals surface area contributed by atoms with Crippen molar-refractivity contribution in [1.82, 2.24) is 9.78 Å². The lowest BCUT2D eigenvalue weighted by molar-refractivity contribution is -0.137. The lowest BCUT2D eigenvalue weighted by Crippen LogP contribution is -2.31. The largest absolute Gasteiger partial charge is 0.448 e. The van der Waals surface area contributed by atoms with Crippen LogP contribution in [0.1, 0.15) is 23.0 Å². The van der Waals surface area contributed by atoms with Gasteiger partial charge >= 0.3 is 12.1 Å². The predicted molar refractivity (Wildman–Crippen MR) is 102 cm³/mol. The van der Waals surface area contributed by atoms with Gasteiger partial charge in [0, 0.05) is 18.1 Å². The highest BCUT2D eigenvalue weighted by atomic mass is 19.4. The summed E-state index contributed by atoms with van der Waals surface area (Å²) in [5, 5.41) is 6.70. The summed E-state index contributed by atoms with van der Waals surface area (Å²) in [6.45, 7) is 1.27. The number of ether oxygens (including phenoxy) is 1. The van der Waals surface area contributed by atoms with Gasteiger partial charge in [-0.2, -0.15) is 18.3 Å². The van der Waals surface area contributed by atoms with Crippen molar-refractivity contribution in [2.24, 2.45) is 7.05 Å². The van der Waals surface area contributed by atoms with E-state index in [1.165, 1.54) is 32.2 Å². The van der Waals surface area contributed by atoms with Crippen LogP contribution in [0.15, 0.2) is 53.3 Å². The number of aromatic nitrogens is 2. The molecule has 1 N–H and O–H groups in total. The van der Waals surface area contributed by atoms with Gasteiger partial charge in [0.25, 0.3) is 11.5 Å². The fraction of sp³-hybridized carbons (Fsp3) is 0.200. The minimum Gasteiger partial charge on any atom is -0.448 e. The second-order valence-electron chi connectivity index (χ2n) is 6.44. The number of alkyl halides is 3. The van der Waals surface area contributed by atoms with E-state index in [1.807, 2.05) is 0 Å². The standard InChI is InChI=1S/C20H16F3N3O4/c1-11(17(27)24-13-7-5-6-12(10-13)20(21,22)23)30-19(29)16-14-8-3-4-9-15(14)18(28)26(2)25-16/h3-11H,1-2H3,(H,24,27)/t11-/m0/s1. The summed E-state index contributed by atoms with van der Waals surface area (Å²) >= 11 is 0. The first kappa shape index (κ1) is 21.0. The van der Waals surface area contributed by atoms with E-state index < -0.39 is 35.3 Å². The predicted octanol–water partition coefficient (Wildman–Crippen LogP) is 3.14. The number of carbonyl (C=O) groups excluding carboxylic acids is 2. The maximum atomic E-state index is 12.8. The number of nitrogens with zero attached hydrogens (tertiary/aromatic N) is 2. The molecule has 156 valence electrons. The normalized spacial score (nSPS) is 12.4. The third-order valence-corrected chi connectivity index (χ3v) is 4.26. The molecular formula is C20H16F3N3O4. The Morgan fingerprint density at radius 3 is 2.43 bits per heavy atom. The first-order valence-electron chi connectivity index (χ1n) is 8.73. The number of amides is 1. The number of rotatable bonds is 4. The van der Waals surface area contributed by atoms with Crippen LogP contribution in [0.2, 0.25) is 0 Å². The maximum absolute atomic E-state index is 12.8. The van der Waals surface area contributed by atoms with Crippen LogP contribution in [-0.2, 0) is 22.8 Å². The monoisotopic (exact) mass is 419 g/mol. The van der Waals surface area contributed by atoms with E-state index >= 15 is 0 Å².